The van der Waals surface area contributed by atoms with Crippen LogP contribution in [0.5, 0.6) is 0 Å². The van der Waals surface area contributed by atoms with Gasteiger partial charge in [-0.15, -0.1) is 5.10 Å². The minimum atomic E-state index is 0.483. The third-order valence-electron chi connectivity index (χ3n) is 1.52. The summed E-state index contributed by atoms with van der Waals surface area (Å²) in [6, 6.07) is 0. The smallest absolute Gasteiger partial charge is 0.254 e. The molecule has 0 atom stereocenters. The summed E-state index contributed by atoms with van der Waals surface area (Å²) in [5, 5.41) is 4.20. The molecule has 0 amide bonds. The molecule has 0 aliphatic carbocycles. The fourth-order valence-electron chi connectivity index (χ4n) is 0.918. The van der Waals surface area contributed by atoms with E-state index in [4.69, 9.17) is 4.84 Å². The Morgan fingerprint density at radius 1 is 1.71 bits per heavy atom. The van der Waals surface area contributed by atoms with Crippen LogP contribution in [0.25, 0.3) is 0 Å². The van der Waals surface area contributed by atoms with E-state index >= 15 is 0 Å². The Labute approximate surface area is 83.1 Å². The topological polar surface area (TPSA) is 51.4 Å². The van der Waals surface area contributed by atoms with Gasteiger partial charge in [0.25, 0.3) is 5.90 Å². The van der Waals surface area contributed by atoms with Crippen molar-refractivity contribution in [1.29, 1.82) is 0 Å². The highest BCUT2D eigenvalue weighted by Gasteiger charge is 1.97. The molecule has 5 nitrogen and oxygen atoms in total. The highest BCUT2D eigenvalue weighted by Crippen LogP contribution is 1.95. The Kier molecular flexibility index (Phi) is 3.87. The molecule has 0 bridgehead atoms. The van der Waals surface area contributed by atoms with E-state index in [9.17, 15) is 0 Å². The molecule has 0 unspecified atom stereocenters. The van der Waals surface area contributed by atoms with Crippen molar-refractivity contribution in [2.75, 3.05) is 7.05 Å². The van der Waals surface area contributed by atoms with Crippen LogP contribution in [0.2, 0.25) is 0 Å². The highest BCUT2D eigenvalue weighted by atomic mass is 16.7. The lowest BCUT2D eigenvalue weighted by molar-refractivity contribution is 0.209. The van der Waals surface area contributed by atoms with Gasteiger partial charge in [-0.2, -0.15) is 5.48 Å². The van der Waals surface area contributed by atoms with Gasteiger partial charge in [-0.25, -0.2) is 9.66 Å². The van der Waals surface area contributed by atoms with Crippen LogP contribution in [-0.2, 0) is 4.84 Å². The molecule has 1 N–H and O–H groups in total. The molecule has 1 aromatic rings. The molecule has 0 radical (unpaired) electrons. The van der Waals surface area contributed by atoms with Gasteiger partial charge in [0.1, 0.15) is 5.82 Å². The summed E-state index contributed by atoms with van der Waals surface area (Å²) < 4.78 is 1.65. The molecule has 0 aliphatic rings. The van der Waals surface area contributed by atoms with Gasteiger partial charge in [-0.05, 0) is 19.9 Å². The Morgan fingerprint density at radius 3 is 3.00 bits per heavy atom. The predicted octanol–water partition coefficient (Wildman–Crippen LogP) is 1.08. The standard InChI is InChI=1S/C9H14N4O/c1-4-5-9(14-10-3)12-13-7-6-11-8(13)2/h4-7,10H,1-3H3. The number of aromatic nitrogens is 2. The molecule has 1 aromatic heterocycles. The van der Waals surface area contributed by atoms with Crippen LogP contribution < -0.4 is 5.48 Å². The first-order chi connectivity index (χ1) is 6.77. The van der Waals surface area contributed by atoms with Crippen molar-refractivity contribution in [3.8, 4) is 0 Å². The lowest BCUT2D eigenvalue weighted by Gasteiger charge is -2.02. The number of allylic oxidation sites excluding steroid dienone is 1. The lowest BCUT2D eigenvalue weighted by Crippen LogP contribution is -2.14. The van der Waals surface area contributed by atoms with Crippen LogP contribution in [0.1, 0.15) is 12.7 Å². The van der Waals surface area contributed by atoms with Gasteiger partial charge >= 0.3 is 0 Å². The molecule has 1 rings (SSSR count). The summed E-state index contributed by atoms with van der Waals surface area (Å²) >= 11 is 0. The summed E-state index contributed by atoms with van der Waals surface area (Å²) in [5.41, 5.74) is 2.57. The monoisotopic (exact) mass is 194 g/mol. The van der Waals surface area contributed by atoms with Crippen molar-refractivity contribution < 1.29 is 4.84 Å². The first-order valence-corrected chi connectivity index (χ1v) is 4.33. The zero-order valence-electron chi connectivity index (χ0n) is 8.56. The number of hydrogen-bond acceptors (Lipinski definition) is 4. The van der Waals surface area contributed by atoms with Crippen molar-refractivity contribution in [2.24, 2.45) is 5.10 Å². The Bertz CT molecular complexity index is 340. The maximum absolute atomic E-state index is 5.08. The van der Waals surface area contributed by atoms with E-state index in [1.807, 2.05) is 19.9 Å². The number of nitrogens with zero attached hydrogens (tertiary/aromatic N) is 3. The summed E-state index contributed by atoms with van der Waals surface area (Å²) in [6.07, 6.45) is 7.06. The molecule has 0 saturated carbocycles. The molecular formula is C9H14N4O. The van der Waals surface area contributed by atoms with E-state index in [0.29, 0.717) is 5.90 Å². The van der Waals surface area contributed by atoms with Crippen LogP contribution in [-0.4, -0.2) is 22.6 Å². The zero-order chi connectivity index (χ0) is 10.4. The summed E-state index contributed by atoms with van der Waals surface area (Å²) in [7, 11) is 1.68. The third-order valence-corrected chi connectivity index (χ3v) is 1.52. The SMILES string of the molecule is CC=CC(=Nn1ccnc1C)ONC. The molecule has 0 spiro atoms. The van der Waals surface area contributed by atoms with Crippen LogP contribution in [0, 0.1) is 6.92 Å². The van der Waals surface area contributed by atoms with E-state index in [0.717, 1.165) is 5.82 Å². The summed E-state index contributed by atoms with van der Waals surface area (Å²) in [6.45, 7) is 3.77. The van der Waals surface area contributed by atoms with Gasteiger partial charge in [0.05, 0.1) is 0 Å². The van der Waals surface area contributed by atoms with Gasteiger partial charge in [0, 0.05) is 19.4 Å². The lowest BCUT2D eigenvalue weighted by atomic mass is 10.5. The first kappa shape index (κ1) is 10.5. The van der Waals surface area contributed by atoms with E-state index in [1.54, 1.807) is 30.2 Å². The zero-order valence-corrected chi connectivity index (χ0v) is 8.56. The van der Waals surface area contributed by atoms with Crippen molar-refractivity contribution in [3.05, 3.63) is 30.4 Å². The number of imidazole rings is 1. The molecule has 14 heavy (non-hydrogen) atoms. The van der Waals surface area contributed by atoms with Crippen molar-refractivity contribution >= 4 is 5.90 Å². The van der Waals surface area contributed by atoms with E-state index in [2.05, 4.69) is 15.6 Å². The maximum Gasteiger partial charge on any atom is 0.254 e. The molecule has 0 saturated heterocycles. The van der Waals surface area contributed by atoms with Crippen LogP contribution in [0.15, 0.2) is 29.6 Å². The second kappa shape index (κ2) is 5.18. The van der Waals surface area contributed by atoms with Gasteiger partial charge in [-0.1, -0.05) is 6.08 Å². The van der Waals surface area contributed by atoms with E-state index < -0.39 is 0 Å². The average Bonchev–Trinajstić information content (AvgIpc) is 2.53. The predicted molar refractivity (Wildman–Crippen MR) is 54.8 cm³/mol. The molecule has 1 heterocycles. The van der Waals surface area contributed by atoms with Crippen LogP contribution >= 0.6 is 0 Å². The Hall–Kier alpha value is -1.62. The first-order valence-electron chi connectivity index (χ1n) is 4.33. The second-order valence-corrected chi connectivity index (χ2v) is 2.56. The highest BCUT2D eigenvalue weighted by molar-refractivity contribution is 5.87. The number of hydroxylamine groups is 1. The maximum atomic E-state index is 5.08. The number of rotatable bonds is 3. The molecule has 0 aliphatic heterocycles. The van der Waals surface area contributed by atoms with Gasteiger partial charge < -0.3 is 4.84 Å². The molecule has 0 aromatic carbocycles. The summed E-state index contributed by atoms with van der Waals surface area (Å²) in [4.78, 5) is 9.12. The molecule has 76 valence electrons. The molecular weight excluding hydrogens is 180 g/mol. The van der Waals surface area contributed by atoms with Gasteiger partial charge in [0.2, 0.25) is 0 Å². The van der Waals surface area contributed by atoms with Gasteiger partial charge in [-0.3, -0.25) is 0 Å². The number of aryl methyl sites for hydroxylation is 1. The van der Waals surface area contributed by atoms with Crippen molar-refractivity contribution in [3.63, 3.8) is 0 Å². The van der Waals surface area contributed by atoms with E-state index in [1.165, 1.54) is 0 Å². The summed E-state index contributed by atoms with van der Waals surface area (Å²) in [5.74, 6) is 1.29. The largest absolute Gasteiger partial charge is 0.387 e. The minimum absolute atomic E-state index is 0.483. The number of hydrogen-bond donors (Lipinski definition) is 1. The average molecular weight is 194 g/mol. The quantitative estimate of drug-likeness (QED) is 0.445. The van der Waals surface area contributed by atoms with Gasteiger partial charge in [0.15, 0.2) is 0 Å². The van der Waals surface area contributed by atoms with Crippen molar-refractivity contribution in [2.45, 2.75) is 13.8 Å². The molecule has 5 heteroatoms. The minimum Gasteiger partial charge on any atom is -0.387 e. The normalized spacial score (nSPS) is 12.4. The van der Waals surface area contributed by atoms with Crippen LogP contribution in [0.4, 0.5) is 0 Å². The van der Waals surface area contributed by atoms with E-state index in [-0.39, 0.29) is 0 Å². The third kappa shape index (κ3) is 2.70. The molecule has 0 fully saturated rings. The number of nitrogens with one attached hydrogen (secondary N) is 1. The Balaban J connectivity index is 2.87. The second-order valence-electron chi connectivity index (χ2n) is 2.56. The Morgan fingerprint density at radius 2 is 2.50 bits per heavy atom. The fraction of sp³-hybridized carbons (Fsp3) is 0.333. The fourth-order valence-corrected chi connectivity index (χ4v) is 0.918. The van der Waals surface area contributed by atoms with Crippen LogP contribution in [0.3, 0.4) is 0 Å². The van der Waals surface area contributed by atoms with Crippen molar-refractivity contribution in [1.82, 2.24) is 15.1 Å².